The van der Waals surface area contributed by atoms with Gasteiger partial charge in [-0.05, 0) is 50.5 Å². The highest BCUT2D eigenvalue weighted by Gasteiger charge is 2.34. The summed E-state index contributed by atoms with van der Waals surface area (Å²) in [5.74, 6) is 1.83. The van der Waals surface area contributed by atoms with Crippen LogP contribution < -0.4 is 5.73 Å². The zero-order valence-electron chi connectivity index (χ0n) is 10.3. The maximum atomic E-state index is 5.86. The Kier molecular flexibility index (Phi) is 3.68. The molecule has 2 rings (SSSR count). The van der Waals surface area contributed by atoms with Crippen LogP contribution in [0.5, 0.6) is 0 Å². The summed E-state index contributed by atoms with van der Waals surface area (Å²) in [6.45, 7) is 6.98. The molecule has 1 aliphatic heterocycles. The summed E-state index contributed by atoms with van der Waals surface area (Å²) in [5, 5.41) is 0. The predicted octanol–water partition coefficient (Wildman–Crippen LogP) is 2.23. The zero-order valence-corrected chi connectivity index (χ0v) is 10.3. The Balaban J connectivity index is 1.96. The van der Waals surface area contributed by atoms with Gasteiger partial charge in [-0.1, -0.05) is 13.8 Å². The van der Waals surface area contributed by atoms with Gasteiger partial charge in [-0.15, -0.1) is 0 Å². The van der Waals surface area contributed by atoms with Crippen LogP contribution in [-0.4, -0.2) is 30.1 Å². The van der Waals surface area contributed by atoms with E-state index < -0.39 is 0 Å². The van der Waals surface area contributed by atoms with Crippen molar-refractivity contribution in [1.82, 2.24) is 4.90 Å². The minimum absolute atomic E-state index is 0.687. The van der Waals surface area contributed by atoms with Crippen molar-refractivity contribution in [3.8, 4) is 0 Å². The van der Waals surface area contributed by atoms with Crippen molar-refractivity contribution < 1.29 is 0 Å². The molecule has 2 aliphatic rings. The van der Waals surface area contributed by atoms with Crippen LogP contribution in [0.2, 0.25) is 0 Å². The highest BCUT2D eigenvalue weighted by atomic mass is 15.2. The number of likely N-dealkylation sites (tertiary alicyclic amines) is 1. The van der Waals surface area contributed by atoms with E-state index in [1.54, 1.807) is 0 Å². The topological polar surface area (TPSA) is 29.3 Å². The molecule has 0 aromatic carbocycles. The van der Waals surface area contributed by atoms with E-state index in [0.717, 1.165) is 24.4 Å². The van der Waals surface area contributed by atoms with E-state index >= 15 is 0 Å². The van der Waals surface area contributed by atoms with Gasteiger partial charge in [0.25, 0.3) is 0 Å². The van der Waals surface area contributed by atoms with E-state index in [1.165, 1.54) is 38.6 Å². The van der Waals surface area contributed by atoms with Crippen molar-refractivity contribution in [3.63, 3.8) is 0 Å². The molecule has 3 unspecified atom stereocenters. The van der Waals surface area contributed by atoms with Gasteiger partial charge < -0.3 is 5.73 Å². The third-order valence-electron chi connectivity index (χ3n) is 4.32. The fraction of sp³-hybridized carbons (Fsp3) is 1.00. The highest BCUT2D eigenvalue weighted by Crippen LogP contribution is 2.34. The molecule has 2 heteroatoms. The molecule has 1 saturated carbocycles. The molecule has 0 bridgehead atoms. The normalized spacial score (nSPS) is 43.4. The van der Waals surface area contributed by atoms with Crippen LogP contribution in [0.15, 0.2) is 0 Å². The summed E-state index contributed by atoms with van der Waals surface area (Å²) in [5.41, 5.74) is 5.86. The molecular formula is C13H26N2. The van der Waals surface area contributed by atoms with Gasteiger partial charge in [0.1, 0.15) is 0 Å². The van der Waals surface area contributed by atoms with Crippen LogP contribution in [0, 0.1) is 11.8 Å². The molecule has 0 aromatic heterocycles. The Morgan fingerprint density at radius 2 is 1.80 bits per heavy atom. The molecule has 88 valence electrons. The second kappa shape index (κ2) is 4.84. The minimum Gasteiger partial charge on any atom is -0.329 e. The summed E-state index contributed by atoms with van der Waals surface area (Å²) < 4.78 is 0. The summed E-state index contributed by atoms with van der Waals surface area (Å²) in [7, 11) is 0. The monoisotopic (exact) mass is 210 g/mol. The van der Waals surface area contributed by atoms with Gasteiger partial charge in [-0.2, -0.15) is 0 Å². The molecule has 0 amide bonds. The maximum absolute atomic E-state index is 5.86. The van der Waals surface area contributed by atoms with Gasteiger partial charge in [0, 0.05) is 18.6 Å². The number of rotatable bonds is 2. The lowest BCUT2D eigenvalue weighted by molar-refractivity contribution is 0.101. The molecule has 2 nitrogen and oxygen atoms in total. The fourth-order valence-corrected chi connectivity index (χ4v) is 3.77. The second-order valence-corrected chi connectivity index (χ2v) is 5.84. The molecule has 2 N–H and O–H groups in total. The van der Waals surface area contributed by atoms with Gasteiger partial charge >= 0.3 is 0 Å². The quantitative estimate of drug-likeness (QED) is 0.757. The molecule has 1 aliphatic carbocycles. The van der Waals surface area contributed by atoms with Gasteiger partial charge in [0.05, 0.1) is 0 Å². The summed E-state index contributed by atoms with van der Waals surface area (Å²) in [6, 6.07) is 1.52. The van der Waals surface area contributed by atoms with Gasteiger partial charge in [-0.25, -0.2) is 0 Å². The predicted molar refractivity (Wildman–Crippen MR) is 64.7 cm³/mol. The van der Waals surface area contributed by atoms with Crippen molar-refractivity contribution >= 4 is 0 Å². The summed E-state index contributed by atoms with van der Waals surface area (Å²) >= 11 is 0. The van der Waals surface area contributed by atoms with Crippen LogP contribution in [0.4, 0.5) is 0 Å². The fourth-order valence-electron chi connectivity index (χ4n) is 3.77. The molecule has 2 fully saturated rings. The first-order valence-corrected chi connectivity index (χ1v) is 6.66. The van der Waals surface area contributed by atoms with E-state index in [4.69, 9.17) is 5.73 Å². The van der Waals surface area contributed by atoms with Crippen molar-refractivity contribution in [1.29, 1.82) is 0 Å². The number of nitrogens with two attached hydrogens (primary N) is 1. The SMILES string of the molecule is CC1CC(C)CC(N2CCCC2CN)C1. The molecule has 0 spiro atoms. The lowest BCUT2D eigenvalue weighted by Gasteiger charge is -2.39. The first-order valence-electron chi connectivity index (χ1n) is 6.66. The van der Waals surface area contributed by atoms with E-state index in [0.29, 0.717) is 6.04 Å². The lowest BCUT2D eigenvalue weighted by Crippen LogP contribution is -2.45. The van der Waals surface area contributed by atoms with Crippen LogP contribution in [0.25, 0.3) is 0 Å². The Morgan fingerprint density at radius 3 is 2.40 bits per heavy atom. The summed E-state index contributed by atoms with van der Waals surface area (Å²) in [4.78, 5) is 2.71. The van der Waals surface area contributed by atoms with Gasteiger partial charge in [0.2, 0.25) is 0 Å². The second-order valence-electron chi connectivity index (χ2n) is 5.84. The number of hydrogen-bond acceptors (Lipinski definition) is 2. The Bertz CT molecular complexity index is 195. The number of hydrogen-bond donors (Lipinski definition) is 1. The maximum Gasteiger partial charge on any atom is 0.0221 e. The van der Waals surface area contributed by atoms with Crippen LogP contribution in [0.1, 0.15) is 46.0 Å². The van der Waals surface area contributed by atoms with E-state index in [2.05, 4.69) is 18.7 Å². The molecule has 0 aromatic rings. The lowest BCUT2D eigenvalue weighted by atomic mass is 9.79. The smallest absolute Gasteiger partial charge is 0.0221 e. The van der Waals surface area contributed by atoms with Crippen LogP contribution in [0.3, 0.4) is 0 Å². The highest BCUT2D eigenvalue weighted by molar-refractivity contribution is 4.89. The molecule has 1 heterocycles. The molecule has 1 saturated heterocycles. The Hall–Kier alpha value is -0.0800. The van der Waals surface area contributed by atoms with Crippen LogP contribution >= 0.6 is 0 Å². The van der Waals surface area contributed by atoms with Crippen molar-refractivity contribution in [2.45, 2.75) is 58.0 Å². The average molecular weight is 210 g/mol. The van der Waals surface area contributed by atoms with Crippen molar-refractivity contribution in [2.75, 3.05) is 13.1 Å². The largest absolute Gasteiger partial charge is 0.329 e. The third kappa shape index (κ3) is 2.54. The van der Waals surface area contributed by atoms with Crippen molar-refractivity contribution in [3.05, 3.63) is 0 Å². The molecular weight excluding hydrogens is 184 g/mol. The Labute approximate surface area is 94.2 Å². The molecule has 15 heavy (non-hydrogen) atoms. The average Bonchev–Trinajstić information content (AvgIpc) is 2.63. The standard InChI is InChI=1S/C13H26N2/c1-10-6-11(2)8-13(7-10)15-5-3-4-12(15)9-14/h10-13H,3-9,14H2,1-2H3. The first-order chi connectivity index (χ1) is 7.20. The molecule has 3 atom stereocenters. The minimum atomic E-state index is 0.687. The van der Waals surface area contributed by atoms with Crippen LogP contribution in [-0.2, 0) is 0 Å². The zero-order chi connectivity index (χ0) is 10.8. The van der Waals surface area contributed by atoms with E-state index in [-0.39, 0.29) is 0 Å². The number of nitrogens with zero attached hydrogens (tertiary/aromatic N) is 1. The first kappa shape index (κ1) is 11.4. The van der Waals surface area contributed by atoms with Gasteiger partial charge in [-0.3, -0.25) is 4.90 Å². The van der Waals surface area contributed by atoms with E-state index in [1.807, 2.05) is 0 Å². The third-order valence-corrected chi connectivity index (χ3v) is 4.32. The summed E-state index contributed by atoms with van der Waals surface area (Å²) in [6.07, 6.45) is 6.93. The van der Waals surface area contributed by atoms with Crippen molar-refractivity contribution in [2.24, 2.45) is 17.6 Å². The van der Waals surface area contributed by atoms with E-state index in [9.17, 15) is 0 Å². The van der Waals surface area contributed by atoms with Gasteiger partial charge in [0.15, 0.2) is 0 Å². The Morgan fingerprint density at radius 1 is 1.13 bits per heavy atom. The molecule has 0 radical (unpaired) electrons.